The normalized spacial score (nSPS) is 22.1. The van der Waals surface area contributed by atoms with Gasteiger partial charge in [0.15, 0.2) is 0 Å². The van der Waals surface area contributed by atoms with Crippen LogP contribution in [0.2, 0.25) is 0 Å². The Bertz CT molecular complexity index is 1110. The zero-order valence-electron chi connectivity index (χ0n) is 22.4. The van der Waals surface area contributed by atoms with Gasteiger partial charge in [-0.15, -0.1) is 11.8 Å². The van der Waals surface area contributed by atoms with Crippen molar-refractivity contribution >= 4 is 11.8 Å². The maximum absolute atomic E-state index is 13.9. The lowest BCUT2D eigenvalue weighted by Gasteiger charge is -2.29. The number of piperidine rings is 2. The summed E-state index contributed by atoms with van der Waals surface area (Å²) in [5, 5.41) is 29.0. The van der Waals surface area contributed by atoms with Crippen LogP contribution in [0.4, 0.5) is 13.2 Å². The first-order chi connectivity index (χ1) is 18.8. The van der Waals surface area contributed by atoms with E-state index < -0.39 is 17.8 Å². The number of thioether (sulfide) groups is 1. The van der Waals surface area contributed by atoms with Crippen LogP contribution in [-0.2, 0) is 25.7 Å². The molecule has 3 aliphatic rings. The fourth-order valence-electron chi connectivity index (χ4n) is 6.04. The van der Waals surface area contributed by atoms with E-state index in [1.54, 1.807) is 6.07 Å². The van der Waals surface area contributed by atoms with Crippen LogP contribution in [0.3, 0.4) is 0 Å². The highest BCUT2D eigenvalue weighted by Crippen LogP contribution is 2.40. The number of alkyl halides is 3. The number of β-amino-alcohol motifs (C(OH)–C–C–N with tert-alkyl or cyclic N) is 2. The summed E-state index contributed by atoms with van der Waals surface area (Å²) < 4.78 is 43.6. The summed E-state index contributed by atoms with van der Waals surface area (Å²) in [4.78, 5) is 4.63. The van der Waals surface area contributed by atoms with Crippen LogP contribution in [0, 0.1) is 0 Å². The molecule has 216 valence electrons. The van der Waals surface area contributed by atoms with Gasteiger partial charge in [-0.25, -0.2) is 0 Å². The second kappa shape index (κ2) is 12.9. The van der Waals surface area contributed by atoms with Gasteiger partial charge in [-0.2, -0.15) is 18.3 Å². The van der Waals surface area contributed by atoms with Crippen molar-refractivity contribution in [2.24, 2.45) is 0 Å². The molecule has 1 aromatic heterocycles. The Morgan fingerprint density at radius 1 is 1.08 bits per heavy atom. The predicted octanol–water partition coefficient (Wildman–Crippen LogP) is 3.61. The van der Waals surface area contributed by atoms with Crippen molar-refractivity contribution in [3.63, 3.8) is 0 Å². The molecule has 2 unspecified atom stereocenters. The third-order valence-electron chi connectivity index (χ3n) is 8.01. The zero-order chi connectivity index (χ0) is 27.4. The predicted molar refractivity (Wildman–Crippen MR) is 147 cm³/mol. The van der Waals surface area contributed by atoms with E-state index in [1.165, 1.54) is 30.3 Å². The number of likely N-dealkylation sites (tertiary alicyclic amines) is 2. The Morgan fingerprint density at radius 2 is 1.87 bits per heavy atom. The molecule has 3 N–H and O–H groups in total. The van der Waals surface area contributed by atoms with Gasteiger partial charge in [0.1, 0.15) is 0 Å². The lowest BCUT2D eigenvalue weighted by Crippen LogP contribution is -2.39. The zero-order valence-corrected chi connectivity index (χ0v) is 23.2. The highest BCUT2D eigenvalue weighted by molar-refractivity contribution is 7.99. The van der Waals surface area contributed by atoms with Crippen molar-refractivity contribution in [2.45, 2.75) is 74.9 Å². The van der Waals surface area contributed by atoms with E-state index in [0.717, 1.165) is 69.5 Å². The second-order valence-electron chi connectivity index (χ2n) is 11.1. The van der Waals surface area contributed by atoms with Gasteiger partial charge in [0.2, 0.25) is 0 Å². The third kappa shape index (κ3) is 7.37. The standard InChI is InChI=1S/C28H40F3N5O2S/c29-28(30,31)24-7-6-20(15-26(24)39-14-13-35-12-4-5-21(37)17-35)27-23-16-32-9-8-25(23)36(33-27)19-22(38)18-34-10-2-1-3-11-34/h6-7,15,21-22,32,37-38H,1-5,8-14,16-19H2. The maximum atomic E-state index is 13.9. The van der Waals surface area contributed by atoms with Gasteiger partial charge in [-0.05, 0) is 57.5 Å². The van der Waals surface area contributed by atoms with Crippen molar-refractivity contribution in [3.8, 4) is 11.3 Å². The van der Waals surface area contributed by atoms with Gasteiger partial charge < -0.3 is 20.4 Å². The molecule has 5 rings (SSSR count). The summed E-state index contributed by atoms with van der Waals surface area (Å²) in [7, 11) is 0. The summed E-state index contributed by atoms with van der Waals surface area (Å²) in [5.74, 6) is 0.510. The summed E-state index contributed by atoms with van der Waals surface area (Å²) >= 11 is 1.21. The van der Waals surface area contributed by atoms with Gasteiger partial charge in [0.25, 0.3) is 0 Å². The number of nitrogens with zero attached hydrogens (tertiary/aromatic N) is 4. The van der Waals surface area contributed by atoms with Crippen LogP contribution in [-0.4, -0.2) is 93.6 Å². The lowest BCUT2D eigenvalue weighted by atomic mass is 10.0. The molecule has 0 aliphatic carbocycles. The molecule has 2 atom stereocenters. The molecule has 0 spiro atoms. The molecule has 3 aliphatic heterocycles. The molecule has 7 nitrogen and oxygen atoms in total. The molecule has 0 saturated carbocycles. The van der Waals surface area contributed by atoms with Crippen molar-refractivity contribution in [1.82, 2.24) is 24.9 Å². The molecule has 0 bridgehead atoms. The maximum Gasteiger partial charge on any atom is 0.417 e. The molecule has 39 heavy (non-hydrogen) atoms. The van der Waals surface area contributed by atoms with Gasteiger partial charge >= 0.3 is 6.18 Å². The number of aliphatic hydroxyl groups is 2. The SMILES string of the molecule is OC1CCCN(CCSc2cc(-c3nn(CC(O)CN4CCCCC4)c4c3CNCC4)ccc2C(F)(F)F)C1. The molecule has 0 amide bonds. The Morgan fingerprint density at radius 3 is 2.64 bits per heavy atom. The van der Waals surface area contributed by atoms with Gasteiger partial charge in [-0.1, -0.05) is 12.5 Å². The molecular formula is C28H40F3N5O2S. The van der Waals surface area contributed by atoms with Crippen molar-refractivity contribution < 1.29 is 23.4 Å². The summed E-state index contributed by atoms with van der Waals surface area (Å²) in [5.41, 5.74) is 2.79. The van der Waals surface area contributed by atoms with Crippen LogP contribution in [0.25, 0.3) is 11.3 Å². The van der Waals surface area contributed by atoms with E-state index in [4.69, 9.17) is 5.10 Å². The molecule has 2 aromatic rings. The first kappa shape index (κ1) is 28.9. The Balaban J connectivity index is 1.35. The van der Waals surface area contributed by atoms with Crippen LogP contribution in [0.1, 0.15) is 48.9 Å². The summed E-state index contributed by atoms with van der Waals surface area (Å²) in [6, 6.07) is 4.33. The third-order valence-corrected chi connectivity index (χ3v) is 9.05. The van der Waals surface area contributed by atoms with Crippen LogP contribution in [0.5, 0.6) is 0 Å². The number of aromatic nitrogens is 2. The Labute approximate surface area is 232 Å². The Hall–Kier alpha value is -1.63. The number of benzene rings is 1. The minimum atomic E-state index is -4.44. The fourth-order valence-corrected chi connectivity index (χ4v) is 7.16. The molecule has 1 aromatic carbocycles. The average Bonchev–Trinajstić information content (AvgIpc) is 3.27. The second-order valence-corrected chi connectivity index (χ2v) is 12.2. The lowest BCUT2D eigenvalue weighted by molar-refractivity contribution is -0.139. The van der Waals surface area contributed by atoms with E-state index in [1.807, 2.05) is 4.68 Å². The minimum Gasteiger partial charge on any atom is -0.392 e. The number of fused-ring (bicyclic) bond motifs is 1. The van der Waals surface area contributed by atoms with E-state index in [0.29, 0.717) is 49.7 Å². The van der Waals surface area contributed by atoms with E-state index in [2.05, 4.69) is 15.1 Å². The number of nitrogens with one attached hydrogen (secondary N) is 1. The van der Waals surface area contributed by atoms with Crippen molar-refractivity contribution in [2.75, 3.05) is 51.6 Å². The highest BCUT2D eigenvalue weighted by Gasteiger charge is 2.34. The van der Waals surface area contributed by atoms with Gasteiger partial charge in [0.05, 0.1) is 30.0 Å². The monoisotopic (exact) mass is 567 g/mol. The Kier molecular flexibility index (Phi) is 9.56. The molecule has 2 saturated heterocycles. The molecule has 4 heterocycles. The van der Waals surface area contributed by atoms with Gasteiger partial charge in [0, 0.05) is 66.6 Å². The molecular weight excluding hydrogens is 527 g/mol. The van der Waals surface area contributed by atoms with E-state index >= 15 is 0 Å². The molecule has 11 heteroatoms. The number of aliphatic hydroxyl groups excluding tert-OH is 2. The molecule has 0 radical (unpaired) electrons. The smallest absolute Gasteiger partial charge is 0.392 e. The average molecular weight is 568 g/mol. The quantitative estimate of drug-likeness (QED) is 0.400. The van der Waals surface area contributed by atoms with Crippen molar-refractivity contribution in [1.29, 1.82) is 0 Å². The first-order valence-corrected chi connectivity index (χ1v) is 15.2. The number of halogens is 3. The fraction of sp³-hybridized carbons (Fsp3) is 0.679. The summed E-state index contributed by atoms with van der Waals surface area (Å²) in [6.45, 7) is 6.48. The van der Waals surface area contributed by atoms with Gasteiger partial charge in [-0.3, -0.25) is 9.58 Å². The number of hydrogen-bond acceptors (Lipinski definition) is 7. The molecule has 2 fully saturated rings. The van der Waals surface area contributed by atoms with Crippen LogP contribution >= 0.6 is 11.8 Å². The number of rotatable bonds is 9. The van der Waals surface area contributed by atoms with E-state index in [-0.39, 0.29) is 11.0 Å². The minimum absolute atomic E-state index is 0.203. The van der Waals surface area contributed by atoms with E-state index in [9.17, 15) is 23.4 Å². The largest absolute Gasteiger partial charge is 0.417 e. The van der Waals surface area contributed by atoms with Crippen LogP contribution < -0.4 is 5.32 Å². The highest BCUT2D eigenvalue weighted by atomic mass is 32.2. The van der Waals surface area contributed by atoms with Crippen LogP contribution in [0.15, 0.2) is 23.1 Å². The first-order valence-electron chi connectivity index (χ1n) is 14.2. The summed E-state index contributed by atoms with van der Waals surface area (Å²) in [6.07, 6.45) is 0.665. The van der Waals surface area contributed by atoms with Crippen molar-refractivity contribution in [3.05, 3.63) is 35.0 Å². The number of hydrogen-bond donors (Lipinski definition) is 3. The topological polar surface area (TPSA) is 76.8 Å².